The van der Waals surface area contributed by atoms with Crippen LogP contribution in [0.5, 0.6) is 5.88 Å². The molecule has 0 radical (unpaired) electrons. The minimum Gasteiger partial charge on any atom is -0.480 e. The number of aliphatic hydroxyl groups is 1. The molecule has 0 aromatic carbocycles. The number of halogens is 1. The Morgan fingerprint density at radius 3 is 3.11 bits per heavy atom. The smallest absolute Gasteiger partial charge is 0.232 e. The molecule has 1 aliphatic carbocycles. The van der Waals surface area contributed by atoms with Crippen LogP contribution in [0.4, 0.5) is 5.95 Å². The van der Waals surface area contributed by atoms with Gasteiger partial charge >= 0.3 is 0 Å². The molecule has 0 amide bonds. The zero-order valence-corrected chi connectivity index (χ0v) is 12.9. The van der Waals surface area contributed by atoms with E-state index in [2.05, 4.69) is 38.1 Å². The highest BCUT2D eigenvalue weighted by atomic mass is 79.9. The van der Waals surface area contributed by atoms with Crippen molar-refractivity contribution in [2.45, 2.75) is 38.2 Å². The van der Waals surface area contributed by atoms with Crippen LogP contribution in [0, 0.1) is 5.92 Å². The van der Waals surface area contributed by atoms with Crippen molar-refractivity contribution in [2.24, 2.45) is 5.92 Å². The minimum atomic E-state index is -0.651. The number of rotatable bonds is 4. The first kappa shape index (κ1) is 14.5. The monoisotopic (exact) mass is 329 g/mol. The fourth-order valence-electron chi connectivity index (χ4n) is 2.62. The third kappa shape index (κ3) is 3.79. The number of methoxy groups -OCH3 is 1. The van der Waals surface area contributed by atoms with Crippen molar-refractivity contribution in [1.29, 1.82) is 0 Å². The molecule has 1 aromatic rings. The van der Waals surface area contributed by atoms with Gasteiger partial charge in [-0.05, 0) is 34.7 Å². The van der Waals surface area contributed by atoms with E-state index >= 15 is 0 Å². The molecule has 0 spiro atoms. The largest absolute Gasteiger partial charge is 0.480 e. The normalized spacial score (nSPS) is 27.1. The zero-order chi connectivity index (χ0) is 13.9. The third-order valence-corrected chi connectivity index (χ3v) is 4.09. The summed E-state index contributed by atoms with van der Waals surface area (Å²) < 4.78 is 5.83. The van der Waals surface area contributed by atoms with Gasteiger partial charge in [0.05, 0.1) is 23.4 Å². The minimum absolute atomic E-state index is 0.474. The van der Waals surface area contributed by atoms with Gasteiger partial charge < -0.3 is 15.2 Å². The Kier molecular flexibility index (Phi) is 4.62. The second-order valence-electron chi connectivity index (χ2n) is 5.33. The summed E-state index contributed by atoms with van der Waals surface area (Å²) in [4.78, 5) is 8.38. The van der Waals surface area contributed by atoms with E-state index in [9.17, 15) is 5.11 Å². The van der Waals surface area contributed by atoms with Crippen LogP contribution in [0.3, 0.4) is 0 Å². The van der Waals surface area contributed by atoms with Crippen LogP contribution in [-0.4, -0.2) is 34.3 Å². The maximum atomic E-state index is 10.5. The Morgan fingerprint density at radius 2 is 2.42 bits per heavy atom. The van der Waals surface area contributed by atoms with Gasteiger partial charge in [0.15, 0.2) is 0 Å². The lowest BCUT2D eigenvalue weighted by Gasteiger charge is -2.35. The molecule has 19 heavy (non-hydrogen) atoms. The van der Waals surface area contributed by atoms with Gasteiger partial charge in [0.1, 0.15) is 0 Å². The molecule has 2 N–H and O–H groups in total. The van der Waals surface area contributed by atoms with Crippen LogP contribution in [0.1, 0.15) is 32.6 Å². The lowest BCUT2D eigenvalue weighted by Crippen LogP contribution is -2.41. The van der Waals surface area contributed by atoms with Crippen LogP contribution in [0.15, 0.2) is 10.7 Å². The van der Waals surface area contributed by atoms with Gasteiger partial charge in [0.25, 0.3) is 0 Å². The lowest BCUT2D eigenvalue weighted by molar-refractivity contribution is -0.000907. The molecule has 1 heterocycles. The van der Waals surface area contributed by atoms with Crippen molar-refractivity contribution < 1.29 is 9.84 Å². The maximum absolute atomic E-state index is 10.5. The van der Waals surface area contributed by atoms with E-state index in [1.165, 1.54) is 6.42 Å². The number of anilines is 1. The summed E-state index contributed by atoms with van der Waals surface area (Å²) in [6, 6.07) is 0. The van der Waals surface area contributed by atoms with Crippen molar-refractivity contribution in [3.63, 3.8) is 0 Å². The van der Waals surface area contributed by atoms with Crippen LogP contribution in [0.2, 0.25) is 0 Å². The SMILES string of the molecule is COc1nc(NCC2(O)CCCC(C)C2)ncc1Br. The van der Waals surface area contributed by atoms with E-state index in [1.807, 2.05) is 0 Å². The highest BCUT2D eigenvalue weighted by Gasteiger charge is 2.32. The van der Waals surface area contributed by atoms with Gasteiger partial charge in [0.2, 0.25) is 11.8 Å². The number of aromatic nitrogens is 2. The summed E-state index contributed by atoms with van der Waals surface area (Å²) in [5.74, 6) is 1.54. The Balaban J connectivity index is 1.98. The second kappa shape index (κ2) is 6.05. The predicted octanol–water partition coefficient (Wildman–Crippen LogP) is 2.60. The number of nitrogens with zero attached hydrogens (tertiary/aromatic N) is 2. The molecule has 0 bridgehead atoms. The zero-order valence-electron chi connectivity index (χ0n) is 11.3. The standard InChI is InChI=1S/C13H20BrN3O2/c1-9-4-3-5-13(18,6-9)8-16-12-15-7-10(14)11(17-12)19-2/h7,9,18H,3-6,8H2,1-2H3,(H,15,16,17). The van der Waals surface area contributed by atoms with Gasteiger partial charge in [-0.1, -0.05) is 19.8 Å². The van der Waals surface area contributed by atoms with Crippen molar-refractivity contribution >= 4 is 21.9 Å². The molecule has 1 fully saturated rings. The molecular weight excluding hydrogens is 310 g/mol. The molecule has 0 aliphatic heterocycles. The van der Waals surface area contributed by atoms with Crippen LogP contribution >= 0.6 is 15.9 Å². The van der Waals surface area contributed by atoms with E-state index in [0.29, 0.717) is 28.8 Å². The quantitative estimate of drug-likeness (QED) is 0.888. The molecule has 6 heteroatoms. The van der Waals surface area contributed by atoms with E-state index in [4.69, 9.17) is 4.74 Å². The Labute approximate surface area is 121 Å². The Morgan fingerprint density at radius 1 is 1.63 bits per heavy atom. The summed E-state index contributed by atoms with van der Waals surface area (Å²) >= 11 is 3.31. The second-order valence-corrected chi connectivity index (χ2v) is 6.18. The molecule has 2 atom stereocenters. The van der Waals surface area contributed by atoms with E-state index in [1.54, 1.807) is 13.3 Å². The van der Waals surface area contributed by atoms with Gasteiger partial charge in [0, 0.05) is 6.54 Å². The third-order valence-electron chi connectivity index (χ3n) is 3.55. The van der Waals surface area contributed by atoms with Crippen molar-refractivity contribution in [1.82, 2.24) is 9.97 Å². The summed E-state index contributed by atoms with van der Waals surface area (Å²) in [6.45, 7) is 2.66. The van der Waals surface area contributed by atoms with Gasteiger partial charge in [-0.2, -0.15) is 4.98 Å². The van der Waals surface area contributed by atoms with Gasteiger partial charge in [-0.25, -0.2) is 4.98 Å². The first-order chi connectivity index (χ1) is 9.02. The average molecular weight is 330 g/mol. The molecule has 106 valence electrons. The van der Waals surface area contributed by atoms with E-state index < -0.39 is 5.60 Å². The molecule has 0 saturated heterocycles. The molecule has 1 aromatic heterocycles. The van der Waals surface area contributed by atoms with Crippen LogP contribution in [0.25, 0.3) is 0 Å². The number of hydrogen-bond acceptors (Lipinski definition) is 5. The average Bonchev–Trinajstić information content (AvgIpc) is 2.37. The molecule has 5 nitrogen and oxygen atoms in total. The summed E-state index contributed by atoms with van der Waals surface area (Å²) in [5.41, 5.74) is -0.651. The molecule has 2 rings (SSSR count). The highest BCUT2D eigenvalue weighted by molar-refractivity contribution is 9.10. The number of nitrogens with one attached hydrogen (secondary N) is 1. The Bertz CT molecular complexity index is 444. The summed E-state index contributed by atoms with van der Waals surface area (Å²) in [5, 5.41) is 13.6. The molecule has 1 saturated carbocycles. The summed E-state index contributed by atoms with van der Waals surface area (Å²) in [6.07, 6.45) is 5.57. The predicted molar refractivity (Wildman–Crippen MR) is 77.4 cm³/mol. The van der Waals surface area contributed by atoms with Gasteiger partial charge in [-0.3, -0.25) is 0 Å². The fourth-order valence-corrected chi connectivity index (χ4v) is 2.97. The van der Waals surface area contributed by atoms with Crippen molar-refractivity contribution in [2.75, 3.05) is 19.0 Å². The molecular formula is C13H20BrN3O2. The Hall–Kier alpha value is -0.880. The van der Waals surface area contributed by atoms with Crippen molar-refractivity contribution in [3.05, 3.63) is 10.7 Å². The fraction of sp³-hybridized carbons (Fsp3) is 0.692. The number of ether oxygens (including phenoxy) is 1. The first-order valence-corrected chi connectivity index (χ1v) is 7.34. The van der Waals surface area contributed by atoms with Crippen LogP contribution < -0.4 is 10.1 Å². The number of hydrogen-bond donors (Lipinski definition) is 2. The summed E-state index contributed by atoms with van der Waals surface area (Å²) in [7, 11) is 1.56. The van der Waals surface area contributed by atoms with E-state index in [0.717, 1.165) is 19.3 Å². The van der Waals surface area contributed by atoms with Crippen molar-refractivity contribution in [3.8, 4) is 5.88 Å². The molecule has 2 unspecified atom stereocenters. The topological polar surface area (TPSA) is 67.3 Å². The van der Waals surface area contributed by atoms with E-state index in [-0.39, 0.29) is 0 Å². The molecule has 1 aliphatic rings. The maximum Gasteiger partial charge on any atom is 0.232 e. The van der Waals surface area contributed by atoms with Gasteiger partial charge in [-0.15, -0.1) is 0 Å². The lowest BCUT2D eigenvalue weighted by atomic mass is 9.79. The first-order valence-electron chi connectivity index (χ1n) is 6.55. The highest BCUT2D eigenvalue weighted by Crippen LogP contribution is 2.32. The van der Waals surface area contributed by atoms with Crippen LogP contribution in [-0.2, 0) is 0 Å².